The van der Waals surface area contributed by atoms with Crippen LogP contribution < -0.4 is 10.6 Å². The van der Waals surface area contributed by atoms with E-state index in [9.17, 15) is 4.79 Å². The van der Waals surface area contributed by atoms with Crippen LogP contribution in [0.2, 0.25) is 0 Å². The largest absolute Gasteiger partial charge is 0.375 e. The molecule has 1 aliphatic heterocycles. The van der Waals surface area contributed by atoms with Crippen LogP contribution in [0.3, 0.4) is 0 Å². The molecule has 0 saturated carbocycles. The van der Waals surface area contributed by atoms with Crippen LogP contribution in [-0.4, -0.2) is 36.7 Å². The zero-order valence-electron chi connectivity index (χ0n) is 11.5. The van der Waals surface area contributed by atoms with Gasteiger partial charge in [0.2, 0.25) is 5.91 Å². The molecular formula is C15H17N3O2S. The fourth-order valence-electron chi connectivity index (χ4n) is 2.27. The number of morpholine rings is 1. The van der Waals surface area contributed by atoms with Crippen molar-refractivity contribution < 1.29 is 9.53 Å². The average molecular weight is 303 g/mol. The highest BCUT2D eigenvalue weighted by atomic mass is 32.1. The Hall–Kier alpha value is -1.76. The third-order valence-electron chi connectivity index (χ3n) is 3.24. The highest BCUT2D eigenvalue weighted by Gasteiger charge is 2.17. The number of nitrogens with zero attached hydrogens (tertiary/aromatic N) is 1. The molecule has 2 N–H and O–H groups in total. The summed E-state index contributed by atoms with van der Waals surface area (Å²) in [6.07, 6.45) is 2.11. The van der Waals surface area contributed by atoms with E-state index in [-0.39, 0.29) is 12.0 Å². The van der Waals surface area contributed by atoms with E-state index >= 15 is 0 Å². The van der Waals surface area contributed by atoms with Crippen LogP contribution in [0.1, 0.15) is 6.42 Å². The molecule has 0 spiro atoms. The quantitative estimate of drug-likeness (QED) is 0.908. The minimum absolute atomic E-state index is 0.0278. The number of carbonyl (C=O) groups is 1. The first-order chi connectivity index (χ1) is 10.3. The van der Waals surface area contributed by atoms with E-state index in [1.54, 1.807) is 17.5 Å². The molecule has 1 aromatic carbocycles. The number of benzene rings is 1. The number of hydrogen-bond acceptors (Lipinski definition) is 5. The highest BCUT2D eigenvalue weighted by Crippen LogP contribution is 2.24. The second-order valence-electron chi connectivity index (χ2n) is 4.87. The maximum atomic E-state index is 12.0. The molecule has 110 valence electrons. The number of carbonyl (C=O) groups excluding carboxylic acids is 1. The van der Waals surface area contributed by atoms with Gasteiger partial charge in [0.1, 0.15) is 5.01 Å². The average Bonchev–Trinajstić information content (AvgIpc) is 3.02. The summed E-state index contributed by atoms with van der Waals surface area (Å²) in [5.41, 5.74) is 1.80. The van der Waals surface area contributed by atoms with Gasteiger partial charge in [-0.25, -0.2) is 4.98 Å². The molecule has 2 aromatic rings. The van der Waals surface area contributed by atoms with Crippen LogP contribution in [0, 0.1) is 0 Å². The van der Waals surface area contributed by atoms with Crippen molar-refractivity contribution in [3.05, 3.63) is 35.8 Å². The molecule has 1 unspecified atom stereocenters. The number of hydrogen-bond donors (Lipinski definition) is 2. The molecule has 1 amide bonds. The second-order valence-corrected chi connectivity index (χ2v) is 5.76. The lowest BCUT2D eigenvalue weighted by molar-refractivity contribution is -0.119. The molecule has 1 fully saturated rings. The van der Waals surface area contributed by atoms with E-state index < -0.39 is 0 Å². The molecule has 5 nitrogen and oxygen atoms in total. The Balaban J connectivity index is 1.62. The van der Waals surface area contributed by atoms with E-state index in [2.05, 4.69) is 15.6 Å². The van der Waals surface area contributed by atoms with Crippen molar-refractivity contribution in [3.63, 3.8) is 0 Å². The number of aromatic nitrogens is 1. The van der Waals surface area contributed by atoms with Gasteiger partial charge < -0.3 is 15.4 Å². The Morgan fingerprint density at radius 2 is 2.48 bits per heavy atom. The van der Waals surface area contributed by atoms with Gasteiger partial charge in [0.25, 0.3) is 0 Å². The first-order valence-corrected chi connectivity index (χ1v) is 7.81. The monoisotopic (exact) mass is 303 g/mol. The van der Waals surface area contributed by atoms with Crippen molar-refractivity contribution in [2.45, 2.75) is 12.5 Å². The molecule has 1 aliphatic rings. The van der Waals surface area contributed by atoms with Gasteiger partial charge in [0, 0.05) is 35.9 Å². The predicted molar refractivity (Wildman–Crippen MR) is 83.4 cm³/mol. The van der Waals surface area contributed by atoms with Crippen molar-refractivity contribution in [1.82, 2.24) is 10.3 Å². The first-order valence-electron chi connectivity index (χ1n) is 6.93. The summed E-state index contributed by atoms with van der Waals surface area (Å²) in [6.45, 7) is 2.25. The Bertz CT molecular complexity index is 595. The van der Waals surface area contributed by atoms with E-state index in [0.29, 0.717) is 13.0 Å². The molecule has 2 heterocycles. The van der Waals surface area contributed by atoms with Gasteiger partial charge in [-0.15, -0.1) is 11.3 Å². The zero-order chi connectivity index (χ0) is 14.5. The van der Waals surface area contributed by atoms with Gasteiger partial charge in [-0.05, 0) is 12.1 Å². The summed E-state index contributed by atoms with van der Waals surface area (Å²) in [7, 11) is 0. The topological polar surface area (TPSA) is 63.2 Å². The SMILES string of the molecule is O=C(CC1CNCCO1)Nc1cccc(-c2nccs2)c1. The summed E-state index contributed by atoms with van der Waals surface area (Å²) in [6, 6.07) is 7.74. The molecule has 6 heteroatoms. The van der Waals surface area contributed by atoms with Crippen LogP contribution in [0.15, 0.2) is 35.8 Å². The van der Waals surface area contributed by atoms with Crippen molar-refractivity contribution in [1.29, 1.82) is 0 Å². The number of rotatable bonds is 4. The second kappa shape index (κ2) is 6.80. The third-order valence-corrected chi connectivity index (χ3v) is 4.07. The Kier molecular flexibility index (Phi) is 4.59. The molecule has 3 rings (SSSR count). The zero-order valence-corrected chi connectivity index (χ0v) is 12.4. The normalized spacial score (nSPS) is 18.4. The van der Waals surface area contributed by atoms with Crippen molar-refractivity contribution in [2.24, 2.45) is 0 Å². The van der Waals surface area contributed by atoms with Gasteiger partial charge in [-0.3, -0.25) is 4.79 Å². The van der Waals surface area contributed by atoms with Crippen LogP contribution in [0.5, 0.6) is 0 Å². The van der Waals surface area contributed by atoms with E-state index in [1.807, 2.05) is 29.6 Å². The summed E-state index contributed by atoms with van der Waals surface area (Å²) < 4.78 is 5.54. The number of anilines is 1. The van der Waals surface area contributed by atoms with Gasteiger partial charge in [-0.2, -0.15) is 0 Å². The van der Waals surface area contributed by atoms with Crippen LogP contribution in [0.4, 0.5) is 5.69 Å². The fourth-order valence-corrected chi connectivity index (χ4v) is 2.90. The molecule has 0 bridgehead atoms. The number of nitrogens with one attached hydrogen (secondary N) is 2. The van der Waals surface area contributed by atoms with Crippen LogP contribution in [0.25, 0.3) is 10.6 Å². The lowest BCUT2D eigenvalue weighted by atomic mass is 10.2. The van der Waals surface area contributed by atoms with Crippen LogP contribution in [-0.2, 0) is 9.53 Å². The number of amides is 1. The van der Waals surface area contributed by atoms with Gasteiger partial charge in [0.15, 0.2) is 0 Å². The maximum Gasteiger partial charge on any atom is 0.227 e. The summed E-state index contributed by atoms with van der Waals surface area (Å²) in [4.78, 5) is 16.3. The van der Waals surface area contributed by atoms with E-state index in [1.165, 1.54) is 0 Å². The lowest BCUT2D eigenvalue weighted by Crippen LogP contribution is -2.40. The molecule has 0 aliphatic carbocycles. The Morgan fingerprint density at radius 1 is 1.52 bits per heavy atom. The molecule has 0 radical (unpaired) electrons. The van der Waals surface area contributed by atoms with Crippen molar-refractivity contribution in [2.75, 3.05) is 25.0 Å². The van der Waals surface area contributed by atoms with E-state index in [4.69, 9.17) is 4.74 Å². The first kappa shape index (κ1) is 14.2. The number of thiazole rings is 1. The molecule has 1 saturated heterocycles. The number of ether oxygens (including phenoxy) is 1. The fraction of sp³-hybridized carbons (Fsp3) is 0.333. The van der Waals surface area contributed by atoms with Gasteiger partial charge in [0.05, 0.1) is 19.1 Å². The smallest absolute Gasteiger partial charge is 0.227 e. The molecule has 1 aromatic heterocycles. The standard InChI is InChI=1S/C15H17N3O2S/c19-14(9-13-10-16-4-6-20-13)18-12-3-1-2-11(8-12)15-17-5-7-21-15/h1-3,5,7-8,13,16H,4,6,9-10H2,(H,18,19). The van der Waals surface area contributed by atoms with Crippen LogP contribution >= 0.6 is 11.3 Å². The summed E-state index contributed by atoms with van der Waals surface area (Å²) >= 11 is 1.58. The van der Waals surface area contributed by atoms with Gasteiger partial charge in [-0.1, -0.05) is 12.1 Å². The molecule has 1 atom stereocenters. The molecule has 21 heavy (non-hydrogen) atoms. The summed E-state index contributed by atoms with van der Waals surface area (Å²) in [5, 5.41) is 9.03. The van der Waals surface area contributed by atoms with Crippen molar-refractivity contribution >= 4 is 22.9 Å². The Morgan fingerprint density at radius 3 is 3.24 bits per heavy atom. The Labute approximate surface area is 127 Å². The summed E-state index contributed by atoms with van der Waals surface area (Å²) in [5.74, 6) is -0.0278. The van der Waals surface area contributed by atoms with Crippen molar-refractivity contribution in [3.8, 4) is 10.6 Å². The predicted octanol–water partition coefficient (Wildman–Crippen LogP) is 2.13. The lowest BCUT2D eigenvalue weighted by Gasteiger charge is -2.23. The third kappa shape index (κ3) is 3.87. The maximum absolute atomic E-state index is 12.0. The minimum Gasteiger partial charge on any atom is -0.375 e. The molecular weight excluding hydrogens is 286 g/mol. The van der Waals surface area contributed by atoms with E-state index in [0.717, 1.165) is 29.3 Å². The van der Waals surface area contributed by atoms with Gasteiger partial charge >= 0.3 is 0 Å². The minimum atomic E-state index is -0.0408. The highest BCUT2D eigenvalue weighted by molar-refractivity contribution is 7.13.